The molecule has 1 fully saturated rings. The number of nitrogens with one attached hydrogen (secondary N) is 1. The standard InChI is InChI=1S/C24H26N4O4/c1-28(2)23(29)20-13-16(7-8-22(20)32-19-10-12-31-15-19)21-9-11-25-24(27-21)26-17-5-4-6-18(14-17)30-3/h4-9,11,13-14,19H,10,12,15H2,1-3H3,(H,25,26,27)/t19-/m0/s1. The summed E-state index contributed by atoms with van der Waals surface area (Å²) in [4.78, 5) is 23.3. The summed E-state index contributed by atoms with van der Waals surface area (Å²) in [7, 11) is 5.06. The van der Waals surface area contributed by atoms with Gasteiger partial charge in [-0.1, -0.05) is 6.07 Å². The van der Waals surface area contributed by atoms with E-state index >= 15 is 0 Å². The molecule has 8 heteroatoms. The number of aromatic nitrogens is 2. The molecule has 1 aromatic heterocycles. The molecule has 1 aliphatic heterocycles. The number of benzene rings is 2. The number of carbonyl (C=O) groups excluding carboxylic acids is 1. The van der Waals surface area contributed by atoms with Gasteiger partial charge in [-0.2, -0.15) is 0 Å². The second-order valence-corrected chi connectivity index (χ2v) is 7.64. The van der Waals surface area contributed by atoms with Gasteiger partial charge in [0, 0.05) is 44.0 Å². The van der Waals surface area contributed by atoms with Crippen molar-refractivity contribution in [1.82, 2.24) is 14.9 Å². The topological polar surface area (TPSA) is 85.8 Å². The highest BCUT2D eigenvalue weighted by molar-refractivity contribution is 5.98. The van der Waals surface area contributed by atoms with Crippen LogP contribution in [0.5, 0.6) is 11.5 Å². The lowest BCUT2D eigenvalue weighted by Crippen LogP contribution is -2.24. The fourth-order valence-corrected chi connectivity index (χ4v) is 3.40. The van der Waals surface area contributed by atoms with Crippen LogP contribution >= 0.6 is 0 Å². The number of rotatable bonds is 7. The maximum Gasteiger partial charge on any atom is 0.257 e. The number of nitrogens with zero attached hydrogens (tertiary/aromatic N) is 3. The quantitative estimate of drug-likeness (QED) is 0.606. The highest BCUT2D eigenvalue weighted by atomic mass is 16.5. The molecule has 0 aliphatic carbocycles. The third-order valence-corrected chi connectivity index (χ3v) is 5.07. The van der Waals surface area contributed by atoms with E-state index in [0.29, 0.717) is 36.2 Å². The molecule has 0 unspecified atom stereocenters. The SMILES string of the molecule is COc1cccc(Nc2nccc(-c3ccc(O[C@H]4CCOC4)c(C(=O)N(C)C)c3)n2)c1. The summed E-state index contributed by atoms with van der Waals surface area (Å²) in [6.45, 7) is 1.20. The van der Waals surface area contributed by atoms with Crippen LogP contribution in [0.1, 0.15) is 16.8 Å². The van der Waals surface area contributed by atoms with Crippen molar-refractivity contribution in [3.05, 3.63) is 60.3 Å². The molecule has 0 radical (unpaired) electrons. The molecule has 2 heterocycles. The minimum absolute atomic E-state index is 0.0488. The first-order valence-corrected chi connectivity index (χ1v) is 10.4. The summed E-state index contributed by atoms with van der Waals surface area (Å²) in [6, 6.07) is 14.9. The van der Waals surface area contributed by atoms with Gasteiger partial charge in [-0.05, 0) is 36.4 Å². The van der Waals surface area contributed by atoms with Gasteiger partial charge in [0.1, 0.15) is 17.6 Å². The number of ether oxygens (including phenoxy) is 3. The molecule has 32 heavy (non-hydrogen) atoms. The van der Waals surface area contributed by atoms with Crippen molar-refractivity contribution in [2.45, 2.75) is 12.5 Å². The van der Waals surface area contributed by atoms with Gasteiger partial charge >= 0.3 is 0 Å². The number of methoxy groups -OCH3 is 1. The Hall–Kier alpha value is -3.65. The van der Waals surface area contributed by atoms with Crippen molar-refractivity contribution in [3.63, 3.8) is 0 Å². The van der Waals surface area contributed by atoms with E-state index in [9.17, 15) is 4.79 Å². The van der Waals surface area contributed by atoms with Crippen LogP contribution in [0.25, 0.3) is 11.3 Å². The fourth-order valence-electron chi connectivity index (χ4n) is 3.40. The van der Waals surface area contributed by atoms with Crippen LogP contribution in [0, 0.1) is 0 Å². The highest BCUT2D eigenvalue weighted by Crippen LogP contribution is 2.29. The molecule has 8 nitrogen and oxygen atoms in total. The lowest BCUT2D eigenvalue weighted by Gasteiger charge is -2.18. The second kappa shape index (κ2) is 9.65. The number of hydrogen-bond acceptors (Lipinski definition) is 7. The Labute approximate surface area is 187 Å². The van der Waals surface area contributed by atoms with E-state index in [-0.39, 0.29) is 12.0 Å². The van der Waals surface area contributed by atoms with Gasteiger partial charge in [0.25, 0.3) is 5.91 Å². The van der Waals surface area contributed by atoms with Crippen molar-refractivity contribution in [2.75, 3.05) is 39.7 Å². The maximum atomic E-state index is 12.8. The molecule has 0 spiro atoms. The molecule has 1 N–H and O–H groups in total. The van der Waals surface area contributed by atoms with Crippen molar-refractivity contribution in [1.29, 1.82) is 0 Å². The Morgan fingerprint density at radius 1 is 1.19 bits per heavy atom. The molecule has 2 aromatic carbocycles. The first kappa shape index (κ1) is 21.6. The zero-order valence-corrected chi connectivity index (χ0v) is 18.4. The van der Waals surface area contributed by atoms with E-state index in [1.54, 1.807) is 33.5 Å². The molecule has 1 aliphatic rings. The minimum atomic E-state index is -0.135. The third-order valence-electron chi connectivity index (χ3n) is 5.07. The van der Waals surface area contributed by atoms with E-state index in [4.69, 9.17) is 14.2 Å². The summed E-state index contributed by atoms with van der Waals surface area (Å²) in [5, 5.41) is 3.19. The Bertz CT molecular complexity index is 1100. The van der Waals surface area contributed by atoms with Crippen LogP contribution < -0.4 is 14.8 Å². The van der Waals surface area contributed by atoms with E-state index in [1.165, 1.54) is 4.90 Å². The van der Waals surface area contributed by atoms with E-state index in [0.717, 1.165) is 23.4 Å². The molecule has 0 saturated carbocycles. The molecular formula is C24H26N4O4. The largest absolute Gasteiger partial charge is 0.497 e. The van der Waals surface area contributed by atoms with Crippen LogP contribution in [-0.4, -0.2) is 61.3 Å². The van der Waals surface area contributed by atoms with Gasteiger partial charge < -0.3 is 24.4 Å². The normalized spacial score (nSPS) is 15.3. The molecule has 3 aromatic rings. The first-order valence-electron chi connectivity index (χ1n) is 10.4. The number of hydrogen-bond donors (Lipinski definition) is 1. The predicted molar refractivity (Wildman–Crippen MR) is 122 cm³/mol. The Morgan fingerprint density at radius 2 is 2.06 bits per heavy atom. The monoisotopic (exact) mass is 434 g/mol. The summed E-state index contributed by atoms with van der Waals surface area (Å²) in [5.74, 6) is 1.59. The summed E-state index contributed by atoms with van der Waals surface area (Å²) in [5.41, 5.74) is 2.78. The number of anilines is 2. The van der Waals surface area contributed by atoms with Crippen molar-refractivity contribution >= 4 is 17.5 Å². The lowest BCUT2D eigenvalue weighted by molar-refractivity contribution is 0.0817. The summed E-state index contributed by atoms with van der Waals surface area (Å²) < 4.78 is 16.7. The molecular weight excluding hydrogens is 408 g/mol. The van der Waals surface area contributed by atoms with E-state index in [2.05, 4.69) is 15.3 Å². The van der Waals surface area contributed by atoms with Crippen molar-refractivity contribution < 1.29 is 19.0 Å². The van der Waals surface area contributed by atoms with Crippen molar-refractivity contribution in [3.8, 4) is 22.8 Å². The molecule has 1 amide bonds. The van der Waals surface area contributed by atoms with E-state index < -0.39 is 0 Å². The van der Waals surface area contributed by atoms with E-state index in [1.807, 2.05) is 42.5 Å². The number of carbonyl (C=O) groups is 1. The Kier molecular flexibility index (Phi) is 6.51. The van der Waals surface area contributed by atoms with Crippen LogP contribution in [-0.2, 0) is 4.74 Å². The Balaban J connectivity index is 1.63. The van der Waals surface area contributed by atoms with Gasteiger partial charge in [0.05, 0.1) is 31.6 Å². The Morgan fingerprint density at radius 3 is 2.81 bits per heavy atom. The van der Waals surface area contributed by atoms with Gasteiger partial charge in [0.2, 0.25) is 5.95 Å². The average molecular weight is 434 g/mol. The third kappa shape index (κ3) is 4.97. The minimum Gasteiger partial charge on any atom is -0.497 e. The maximum absolute atomic E-state index is 12.8. The fraction of sp³-hybridized carbons (Fsp3) is 0.292. The van der Waals surface area contributed by atoms with Crippen LogP contribution in [0.3, 0.4) is 0 Å². The molecule has 4 rings (SSSR count). The molecule has 1 atom stereocenters. The summed E-state index contributed by atoms with van der Waals surface area (Å²) in [6.07, 6.45) is 2.44. The molecule has 0 bridgehead atoms. The average Bonchev–Trinajstić information content (AvgIpc) is 3.32. The molecule has 1 saturated heterocycles. The van der Waals surface area contributed by atoms with Gasteiger partial charge in [-0.3, -0.25) is 4.79 Å². The number of amides is 1. The van der Waals surface area contributed by atoms with Gasteiger partial charge in [0.15, 0.2) is 0 Å². The van der Waals surface area contributed by atoms with Crippen LogP contribution in [0.2, 0.25) is 0 Å². The van der Waals surface area contributed by atoms with Crippen LogP contribution in [0.4, 0.5) is 11.6 Å². The van der Waals surface area contributed by atoms with Crippen molar-refractivity contribution in [2.24, 2.45) is 0 Å². The zero-order chi connectivity index (χ0) is 22.5. The van der Waals surface area contributed by atoms with Gasteiger partial charge in [-0.25, -0.2) is 9.97 Å². The first-order chi connectivity index (χ1) is 15.5. The summed E-state index contributed by atoms with van der Waals surface area (Å²) >= 11 is 0. The second-order valence-electron chi connectivity index (χ2n) is 7.64. The van der Waals surface area contributed by atoms with Gasteiger partial charge in [-0.15, -0.1) is 0 Å². The highest BCUT2D eigenvalue weighted by Gasteiger charge is 2.22. The predicted octanol–water partition coefficient (Wildman–Crippen LogP) is 3.77. The molecule has 166 valence electrons. The van der Waals surface area contributed by atoms with Crippen LogP contribution in [0.15, 0.2) is 54.7 Å². The zero-order valence-electron chi connectivity index (χ0n) is 18.4. The lowest BCUT2D eigenvalue weighted by atomic mass is 10.1. The smallest absolute Gasteiger partial charge is 0.257 e.